The number of benzene rings is 1. The number of hydrogen-bond donors (Lipinski definition) is 0. The van der Waals surface area contributed by atoms with Crippen molar-refractivity contribution in [3.8, 4) is 0 Å². The molecule has 21 heavy (non-hydrogen) atoms. The van der Waals surface area contributed by atoms with E-state index < -0.39 is 0 Å². The molecule has 0 radical (unpaired) electrons. The minimum Gasteiger partial charge on any atom is -0.339 e. The molecule has 116 valence electrons. The van der Waals surface area contributed by atoms with Crippen molar-refractivity contribution in [1.82, 2.24) is 9.80 Å². The van der Waals surface area contributed by atoms with Crippen LogP contribution in [0.5, 0.6) is 0 Å². The third kappa shape index (κ3) is 4.04. The summed E-state index contributed by atoms with van der Waals surface area (Å²) in [5.41, 5.74) is 0.529. The molecule has 0 aliphatic carbocycles. The second-order valence-corrected chi connectivity index (χ2v) is 6.47. The summed E-state index contributed by atoms with van der Waals surface area (Å²) >= 11 is 3.13. The van der Waals surface area contributed by atoms with Gasteiger partial charge in [0.05, 0.1) is 4.47 Å². The normalized spacial score (nSPS) is 17.0. The van der Waals surface area contributed by atoms with Crippen LogP contribution in [0.3, 0.4) is 0 Å². The van der Waals surface area contributed by atoms with E-state index in [9.17, 15) is 9.18 Å². The summed E-state index contributed by atoms with van der Waals surface area (Å²) < 4.78 is 13.6. The molecule has 1 amide bonds. The van der Waals surface area contributed by atoms with Crippen molar-refractivity contribution in [1.29, 1.82) is 0 Å². The fourth-order valence-corrected chi connectivity index (χ4v) is 3.22. The molecule has 1 fully saturated rings. The molecule has 2 rings (SSSR count). The van der Waals surface area contributed by atoms with Gasteiger partial charge in [0, 0.05) is 31.7 Å². The number of nitrogens with zero attached hydrogens (tertiary/aromatic N) is 2. The van der Waals surface area contributed by atoms with E-state index in [4.69, 9.17) is 0 Å². The molecule has 1 aromatic carbocycles. The van der Waals surface area contributed by atoms with Crippen LogP contribution in [0.2, 0.25) is 0 Å². The molecule has 1 aliphatic rings. The number of amides is 1. The second kappa shape index (κ2) is 7.36. The maximum Gasteiger partial charge on any atom is 0.253 e. The maximum atomic E-state index is 13.3. The van der Waals surface area contributed by atoms with E-state index in [0.717, 1.165) is 32.5 Å². The van der Waals surface area contributed by atoms with E-state index in [1.165, 1.54) is 12.5 Å². The van der Waals surface area contributed by atoms with Gasteiger partial charge < -0.3 is 9.80 Å². The van der Waals surface area contributed by atoms with Gasteiger partial charge in [0.25, 0.3) is 5.91 Å². The standard InChI is InChI=1S/C16H22BrFN2O/c1-3-8-20-9-6-13(7-10-20)19(2)16(21)12-4-5-15(18)14(17)11-12/h4-5,11,13H,3,6-10H2,1-2H3. The smallest absolute Gasteiger partial charge is 0.253 e. The number of likely N-dealkylation sites (tertiary alicyclic amines) is 1. The fraction of sp³-hybridized carbons (Fsp3) is 0.562. The zero-order chi connectivity index (χ0) is 15.4. The molecule has 1 aliphatic heterocycles. The van der Waals surface area contributed by atoms with Crippen LogP contribution in [-0.2, 0) is 0 Å². The number of hydrogen-bond acceptors (Lipinski definition) is 2. The lowest BCUT2D eigenvalue weighted by Gasteiger charge is -2.36. The molecule has 0 spiro atoms. The Morgan fingerprint density at radius 3 is 2.67 bits per heavy atom. The van der Waals surface area contributed by atoms with Crippen molar-refractivity contribution < 1.29 is 9.18 Å². The van der Waals surface area contributed by atoms with Gasteiger partial charge in [-0.05, 0) is 59.9 Å². The van der Waals surface area contributed by atoms with Crippen molar-refractivity contribution in [3.05, 3.63) is 34.1 Å². The Balaban J connectivity index is 1.98. The Bertz CT molecular complexity index is 501. The molecule has 3 nitrogen and oxygen atoms in total. The van der Waals surface area contributed by atoms with Crippen LogP contribution >= 0.6 is 15.9 Å². The first-order valence-electron chi connectivity index (χ1n) is 7.47. The van der Waals surface area contributed by atoms with Crippen LogP contribution in [0.25, 0.3) is 0 Å². The lowest BCUT2D eigenvalue weighted by atomic mass is 10.0. The third-order valence-electron chi connectivity index (χ3n) is 4.13. The van der Waals surface area contributed by atoms with Gasteiger partial charge >= 0.3 is 0 Å². The number of halogens is 2. The molecule has 5 heteroatoms. The summed E-state index contributed by atoms with van der Waals surface area (Å²) in [5.74, 6) is -0.383. The number of carbonyl (C=O) groups is 1. The van der Waals surface area contributed by atoms with Gasteiger partial charge in [0.1, 0.15) is 5.82 Å². The lowest BCUT2D eigenvalue weighted by molar-refractivity contribution is 0.0642. The van der Waals surface area contributed by atoms with Gasteiger partial charge in [-0.15, -0.1) is 0 Å². The summed E-state index contributed by atoms with van der Waals surface area (Å²) in [7, 11) is 1.85. The molecule has 0 N–H and O–H groups in total. The van der Waals surface area contributed by atoms with E-state index in [1.54, 1.807) is 12.1 Å². The number of piperidine rings is 1. The highest BCUT2D eigenvalue weighted by atomic mass is 79.9. The Morgan fingerprint density at radius 2 is 2.10 bits per heavy atom. The first-order chi connectivity index (χ1) is 10.0. The quantitative estimate of drug-likeness (QED) is 0.823. The molecule has 1 heterocycles. The Kier molecular flexibility index (Phi) is 5.76. The van der Waals surface area contributed by atoms with Crippen LogP contribution in [-0.4, -0.2) is 48.4 Å². The van der Waals surface area contributed by atoms with Crippen molar-refractivity contribution in [2.45, 2.75) is 32.2 Å². The molecular formula is C16H22BrFN2O. The minimum absolute atomic E-state index is 0.0374. The first-order valence-corrected chi connectivity index (χ1v) is 8.26. The van der Waals surface area contributed by atoms with Crippen molar-refractivity contribution in [2.24, 2.45) is 0 Å². The van der Waals surface area contributed by atoms with Gasteiger partial charge in [-0.3, -0.25) is 4.79 Å². The number of rotatable bonds is 4. The van der Waals surface area contributed by atoms with E-state index in [0.29, 0.717) is 10.0 Å². The highest BCUT2D eigenvalue weighted by Crippen LogP contribution is 2.21. The Hall–Kier alpha value is -0.940. The zero-order valence-electron chi connectivity index (χ0n) is 12.6. The van der Waals surface area contributed by atoms with Crippen molar-refractivity contribution in [2.75, 3.05) is 26.7 Å². The highest BCUT2D eigenvalue weighted by molar-refractivity contribution is 9.10. The summed E-state index contributed by atoms with van der Waals surface area (Å²) in [6.45, 7) is 5.41. The molecule has 1 aromatic rings. The van der Waals surface area contributed by atoms with E-state index in [1.807, 2.05) is 11.9 Å². The topological polar surface area (TPSA) is 23.6 Å². The van der Waals surface area contributed by atoms with Crippen LogP contribution in [0.1, 0.15) is 36.5 Å². The van der Waals surface area contributed by atoms with Gasteiger partial charge in [-0.25, -0.2) is 4.39 Å². The van der Waals surface area contributed by atoms with Gasteiger partial charge in [-0.2, -0.15) is 0 Å². The van der Waals surface area contributed by atoms with Crippen LogP contribution in [0, 0.1) is 5.82 Å². The van der Waals surface area contributed by atoms with E-state index in [2.05, 4.69) is 27.8 Å². The monoisotopic (exact) mass is 356 g/mol. The van der Waals surface area contributed by atoms with Gasteiger partial charge in [0.2, 0.25) is 0 Å². The summed E-state index contributed by atoms with van der Waals surface area (Å²) in [6.07, 6.45) is 3.18. The summed E-state index contributed by atoms with van der Waals surface area (Å²) in [5, 5.41) is 0. The molecule has 1 saturated heterocycles. The third-order valence-corrected chi connectivity index (χ3v) is 4.74. The average molecular weight is 357 g/mol. The van der Waals surface area contributed by atoms with Gasteiger partial charge in [0.15, 0.2) is 0 Å². The molecule has 0 unspecified atom stereocenters. The first kappa shape index (κ1) is 16.4. The Labute approximate surface area is 134 Å². The maximum absolute atomic E-state index is 13.3. The Morgan fingerprint density at radius 1 is 1.43 bits per heavy atom. The van der Waals surface area contributed by atoms with Crippen molar-refractivity contribution in [3.63, 3.8) is 0 Å². The largest absolute Gasteiger partial charge is 0.339 e. The average Bonchev–Trinajstić information content (AvgIpc) is 2.50. The van der Waals surface area contributed by atoms with Crippen LogP contribution in [0.4, 0.5) is 4.39 Å². The van der Waals surface area contributed by atoms with Crippen LogP contribution in [0.15, 0.2) is 22.7 Å². The highest BCUT2D eigenvalue weighted by Gasteiger charge is 2.25. The summed E-state index contributed by atoms with van der Waals surface area (Å²) in [6, 6.07) is 4.70. The fourth-order valence-electron chi connectivity index (χ4n) is 2.85. The SMILES string of the molecule is CCCN1CCC(N(C)C(=O)c2ccc(F)c(Br)c2)CC1. The molecule has 0 atom stereocenters. The lowest BCUT2D eigenvalue weighted by Crippen LogP contribution is -2.45. The van der Waals surface area contributed by atoms with Crippen LogP contribution < -0.4 is 0 Å². The predicted molar refractivity (Wildman–Crippen MR) is 85.9 cm³/mol. The molecular weight excluding hydrogens is 335 g/mol. The van der Waals surface area contributed by atoms with Crippen molar-refractivity contribution >= 4 is 21.8 Å². The molecule has 0 aromatic heterocycles. The zero-order valence-corrected chi connectivity index (χ0v) is 14.2. The summed E-state index contributed by atoms with van der Waals surface area (Å²) in [4.78, 5) is 16.7. The minimum atomic E-state index is -0.345. The molecule has 0 bridgehead atoms. The van der Waals surface area contributed by atoms with Gasteiger partial charge in [-0.1, -0.05) is 6.92 Å². The van der Waals surface area contributed by atoms with E-state index in [-0.39, 0.29) is 17.8 Å². The number of carbonyl (C=O) groups excluding carboxylic acids is 1. The molecule has 0 saturated carbocycles. The second-order valence-electron chi connectivity index (χ2n) is 5.62. The van der Waals surface area contributed by atoms with E-state index >= 15 is 0 Å². The predicted octanol–water partition coefficient (Wildman–Crippen LogP) is 3.53.